The first-order valence-electron chi connectivity index (χ1n) is 9.09. The molecule has 3 aromatic carbocycles. The van der Waals surface area contributed by atoms with Crippen LogP contribution in [0, 0.1) is 20.2 Å². The molecule has 11 heteroatoms. The molecule has 0 radical (unpaired) electrons. The van der Waals surface area contributed by atoms with Crippen LogP contribution in [0.2, 0.25) is 0 Å². The molecule has 32 heavy (non-hydrogen) atoms. The molecule has 0 bridgehead atoms. The molecule has 3 aromatic rings. The largest absolute Gasteiger partial charge is 0.489 e. The highest BCUT2D eigenvalue weighted by molar-refractivity contribution is 5.98. The number of nitro groups is 2. The molecule has 0 fully saturated rings. The maximum absolute atomic E-state index is 12.3. The molecular weight excluding hydrogens is 420 g/mol. The van der Waals surface area contributed by atoms with Gasteiger partial charge >= 0.3 is 5.97 Å². The number of hydrogen-bond donors (Lipinski definition) is 1. The minimum atomic E-state index is -0.757. The van der Waals surface area contributed by atoms with E-state index in [1.807, 2.05) is 0 Å². The van der Waals surface area contributed by atoms with Crippen LogP contribution in [-0.4, -0.2) is 21.7 Å². The van der Waals surface area contributed by atoms with Crippen molar-refractivity contribution in [1.29, 1.82) is 0 Å². The maximum Gasteiger partial charge on any atom is 0.365 e. The molecular formula is C21H16N4O7. The molecule has 0 atom stereocenters. The fourth-order valence-electron chi connectivity index (χ4n) is 2.57. The van der Waals surface area contributed by atoms with Crippen molar-refractivity contribution >= 4 is 23.2 Å². The Hall–Kier alpha value is -4.80. The summed E-state index contributed by atoms with van der Waals surface area (Å²) in [6.07, 6.45) is 0. The van der Waals surface area contributed by atoms with Crippen molar-refractivity contribution in [2.45, 2.75) is 6.61 Å². The monoisotopic (exact) mass is 436 g/mol. The molecule has 0 saturated carbocycles. The standard InChI is InChI=1S/C21H16N4O7/c22-20(15-4-6-17(7-5-15)24(27)28)23-32-21(26)16-3-1-2-14(12-16)13-31-19-10-8-18(9-11-19)25(29)30/h1-12H,13H2,(H2,22,23). The summed E-state index contributed by atoms with van der Waals surface area (Å²) in [5.74, 6) is -0.443. The van der Waals surface area contributed by atoms with Crippen molar-refractivity contribution in [3.63, 3.8) is 0 Å². The highest BCUT2D eigenvalue weighted by atomic mass is 16.7. The van der Waals surface area contributed by atoms with Crippen molar-refractivity contribution in [2.75, 3.05) is 0 Å². The summed E-state index contributed by atoms with van der Waals surface area (Å²) in [6, 6.07) is 17.3. The lowest BCUT2D eigenvalue weighted by Gasteiger charge is -2.07. The molecule has 11 nitrogen and oxygen atoms in total. The van der Waals surface area contributed by atoms with Crippen LogP contribution in [0.1, 0.15) is 21.5 Å². The number of nitrogens with zero attached hydrogens (tertiary/aromatic N) is 3. The fraction of sp³-hybridized carbons (Fsp3) is 0.0476. The summed E-state index contributed by atoms with van der Waals surface area (Å²) in [4.78, 5) is 37.5. The second-order valence-electron chi connectivity index (χ2n) is 6.40. The van der Waals surface area contributed by atoms with Crippen LogP contribution in [0.25, 0.3) is 0 Å². The summed E-state index contributed by atoms with van der Waals surface area (Å²) in [6.45, 7) is 0.118. The van der Waals surface area contributed by atoms with Crippen molar-refractivity contribution in [3.8, 4) is 5.75 Å². The number of carbonyl (C=O) groups is 1. The van der Waals surface area contributed by atoms with Crippen LogP contribution in [0.5, 0.6) is 5.75 Å². The highest BCUT2D eigenvalue weighted by Gasteiger charge is 2.11. The summed E-state index contributed by atoms with van der Waals surface area (Å²) >= 11 is 0. The van der Waals surface area contributed by atoms with Crippen LogP contribution < -0.4 is 10.5 Å². The van der Waals surface area contributed by atoms with E-state index in [4.69, 9.17) is 15.3 Å². The predicted octanol–water partition coefficient (Wildman–Crippen LogP) is 3.56. The average Bonchev–Trinajstić information content (AvgIpc) is 2.81. The summed E-state index contributed by atoms with van der Waals surface area (Å²) in [5.41, 5.74) is 6.83. The van der Waals surface area contributed by atoms with E-state index in [9.17, 15) is 25.0 Å². The van der Waals surface area contributed by atoms with Gasteiger partial charge in [0.2, 0.25) is 0 Å². The van der Waals surface area contributed by atoms with Gasteiger partial charge in [0.05, 0.1) is 15.4 Å². The molecule has 2 N–H and O–H groups in total. The van der Waals surface area contributed by atoms with Gasteiger partial charge in [0.15, 0.2) is 5.84 Å². The zero-order valence-corrected chi connectivity index (χ0v) is 16.4. The van der Waals surface area contributed by atoms with Crippen molar-refractivity contribution in [2.24, 2.45) is 10.9 Å². The minimum absolute atomic E-state index is 0.0457. The van der Waals surface area contributed by atoms with Gasteiger partial charge in [0, 0.05) is 29.8 Å². The summed E-state index contributed by atoms with van der Waals surface area (Å²) < 4.78 is 5.57. The lowest BCUT2D eigenvalue weighted by Crippen LogP contribution is -2.15. The summed E-state index contributed by atoms with van der Waals surface area (Å²) in [7, 11) is 0. The van der Waals surface area contributed by atoms with Gasteiger partial charge in [-0.15, -0.1) is 0 Å². The smallest absolute Gasteiger partial charge is 0.365 e. The molecule has 0 spiro atoms. The third kappa shape index (κ3) is 5.63. The first kappa shape index (κ1) is 21.9. The Morgan fingerprint density at radius 3 is 2.06 bits per heavy atom. The Morgan fingerprint density at radius 2 is 1.47 bits per heavy atom. The van der Waals surface area contributed by atoms with Crippen LogP contribution in [-0.2, 0) is 11.4 Å². The van der Waals surface area contributed by atoms with Gasteiger partial charge in [-0.3, -0.25) is 20.2 Å². The van der Waals surface area contributed by atoms with Gasteiger partial charge in [-0.05, 0) is 42.0 Å². The number of benzene rings is 3. The molecule has 0 aliphatic rings. The van der Waals surface area contributed by atoms with E-state index < -0.39 is 15.8 Å². The lowest BCUT2D eigenvalue weighted by molar-refractivity contribution is -0.385. The number of carbonyl (C=O) groups excluding carboxylic acids is 1. The second kappa shape index (κ2) is 9.80. The Balaban J connectivity index is 1.61. The Bertz CT molecular complexity index is 1180. The van der Waals surface area contributed by atoms with Gasteiger partial charge < -0.3 is 15.3 Å². The number of nitro benzene ring substituents is 2. The van der Waals surface area contributed by atoms with Crippen LogP contribution in [0.15, 0.2) is 78.0 Å². The van der Waals surface area contributed by atoms with E-state index in [1.165, 1.54) is 54.6 Å². The van der Waals surface area contributed by atoms with Crippen LogP contribution >= 0.6 is 0 Å². The number of rotatable bonds is 8. The van der Waals surface area contributed by atoms with Gasteiger partial charge in [-0.2, -0.15) is 0 Å². The fourth-order valence-corrected chi connectivity index (χ4v) is 2.57. The summed E-state index contributed by atoms with van der Waals surface area (Å²) in [5, 5.41) is 25.0. The van der Waals surface area contributed by atoms with Crippen molar-refractivity contribution < 1.29 is 24.2 Å². The van der Waals surface area contributed by atoms with Gasteiger partial charge in [0.25, 0.3) is 11.4 Å². The number of amidine groups is 1. The van der Waals surface area contributed by atoms with Crippen molar-refractivity contribution in [1.82, 2.24) is 0 Å². The third-order valence-electron chi connectivity index (χ3n) is 4.22. The molecule has 0 unspecified atom stereocenters. The number of ether oxygens (including phenoxy) is 1. The van der Waals surface area contributed by atoms with E-state index in [2.05, 4.69) is 5.16 Å². The zero-order valence-electron chi connectivity index (χ0n) is 16.4. The molecule has 0 aliphatic carbocycles. The molecule has 0 aliphatic heterocycles. The van der Waals surface area contributed by atoms with Gasteiger partial charge in [-0.1, -0.05) is 17.3 Å². The predicted molar refractivity (Wildman–Crippen MR) is 113 cm³/mol. The third-order valence-corrected chi connectivity index (χ3v) is 4.22. The van der Waals surface area contributed by atoms with E-state index in [0.717, 1.165) is 0 Å². The van der Waals surface area contributed by atoms with E-state index in [1.54, 1.807) is 18.2 Å². The molecule has 0 aromatic heterocycles. The number of non-ortho nitro benzene ring substituents is 2. The first-order valence-corrected chi connectivity index (χ1v) is 9.09. The molecule has 3 rings (SSSR count). The highest BCUT2D eigenvalue weighted by Crippen LogP contribution is 2.19. The lowest BCUT2D eigenvalue weighted by atomic mass is 10.1. The normalized spacial score (nSPS) is 10.9. The van der Waals surface area contributed by atoms with Crippen LogP contribution in [0.4, 0.5) is 11.4 Å². The number of nitrogens with two attached hydrogens (primary N) is 1. The first-order chi connectivity index (χ1) is 15.3. The maximum atomic E-state index is 12.3. The quantitative estimate of drug-likeness (QED) is 0.184. The topological polar surface area (TPSA) is 160 Å². The minimum Gasteiger partial charge on any atom is -0.489 e. The van der Waals surface area contributed by atoms with Crippen LogP contribution in [0.3, 0.4) is 0 Å². The number of hydrogen-bond acceptors (Lipinski definition) is 8. The molecule has 162 valence electrons. The van der Waals surface area contributed by atoms with E-state index in [0.29, 0.717) is 16.9 Å². The second-order valence-corrected chi connectivity index (χ2v) is 6.40. The van der Waals surface area contributed by atoms with Gasteiger partial charge in [0.1, 0.15) is 12.4 Å². The average molecular weight is 436 g/mol. The Morgan fingerprint density at radius 1 is 0.875 bits per heavy atom. The Kier molecular flexibility index (Phi) is 6.71. The SMILES string of the molecule is N/C(=N\OC(=O)c1cccc(COc2ccc([N+](=O)[O-])cc2)c1)c1ccc([N+](=O)[O-])cc1. The zero-order chi connectivity index (χ0) is 23.1. The number of oxime groups is 1. The Labute approximate surface area is 181 Å². The molecule has 0 heterocycles. The molecule has 0 amide bonds. The van der Waals surface area contributed by atoms with E-state index in [-0.39, 0.29) is 29.4 Å². The van der Waals surface area contributed by atoms with E-state index >= 15 is 0 Å². The molecule has 0 saturated heterocycles. The van der Waals surface area contributed by atoms with Crippen molar-refractivity contribution in [3.05, 3.63) is 110 Å². The van der Waals surface area contributed by atoms with Gasteiger partial charge in [-0.25, -0.2) is 4.79 Å².